The van der Waals surface area contributed by atoms with Crippen molar-refractivity contribution in [3.63, 3.8) is 0 Å². The molecular weight excluding hydrogens is 369 g/mol. The van der Waals surface area contributed by atoms with Crippen LogP contribution in [-0.4, -0.2) is 4.98 Å². The third-order valence-corrected chi connectivity index (χ3v) is 3.31. The Morgan fingerprint density at radius 1 is 1.18 bits per heavy atom. The van der Waals surface area contributed by atoms with E-state index >= 15 is 0 Å². The van der Waals surface area contributed by atoms with Crippen LogP contribution in [0.5, 0.6) is 0 Å². The lowest BCUT2D eigenvalue weighted by atomic mass is 10.3. The Hall–Kier alpha value is -0.780. The molecule has 0 atom stereocenters. The van der Waals surface area contributed by atoms with E-state index in [2.05, 4.69) is 42.2 Å². The summed E-state index contributed by atoms with van der Waals surface area (Å²) in [7, 11) is 0. The maximum Gasteiger partial charge on any atom is 0.153 e. The molecule has 3 N–H and O–H groups in total. The highest BCUT2D eigenvalue weighted by molar-refractivity contribution is 9.10. The van der Waals surface area contributed by atoms with Crippen LogP contribution < -0.4 is 11.1 Å². The lowest BCUT2D eigenvalue weighted by molar-refractivity contribution is 1.29. The fourth-order valence-corrected chi connectivity index (χ4v) is 2.35. The van der Waals surface area contributed by atoms with Crippen LogP contribution in [0, 0.1) is 0 Å². The van der Waals surface area contributed by atoms with Crippen LogP contribution >= 0.6 is 43.5 Å². The molecule has 0 aliphatic carbocycles. The van der Waals surface area contributed by atoms with Gasteiger partial charge in [-0.3, -0.25) is 0 Å². The monoisotopic (exact) mass is 375 g/mol. The molecule has 0 aliphatic rings. The number of rotatable bonds is 2. The van der Waals surface area contributed by atoms with Crippen molar-refractivity contribution in [2.45, 2.75) is 0 Å². The van der Waals surface area contributed by atoms with Gasteiger partial charge in [-0.2, -0.15) is 0 Å². The minimum Gasteiger partial charge on any atom is -0.396 e. The molecule has 2 aromatic rings. The van der Waals surface area contributed by atoms with Gasteiger partial charge >= 0.3 is 0 Å². The van der Waals surface area contributed by atoms with Crippen LogP contribution in [0.4, 0.5) is 17.2 Å². The van der Waals surface area contributed by atoms with Gasteiger partial charge in [-0.15, -0.1) is 0 Å². The highest BCUT2D eigenvalue weighted by Gasteiger charge is 2.05. The lowest BCUT2D eigenvalue weighted by Gasteiger charge is -2.10. The van der Waals surface area contributed by atoms with Crippen molar-refractivity contribution in [3.05, 3.63) is 44.4 Å². The number of hydrogen-bond donors (Lipinski definition) is 2. The van der Waals surface area contributed by atoms with Crippen molar-refractivity contribution in [2.24, 2.45) is 0 Å². The number of nitrogens with one attached hydrogen (secondary N) is 1. The number of nitrogen functional groups attached to an aromatic ring is 1. The van der Waals surface area contributed by atoms with Crippen LogP contribution in [-0.2, 0) is 0 Å². The number of hydrogen-bond acceptors (Lipinski definition) is 3. The van der Waals surface area contributed by atoms with Gasteiger partial charge in [0, 0.05) is 15.1 Å². The number of anilines is 3. The summed E-state index contributed by atoms with van der Waals surface area (Å²) in [5.41, 5.74) is 7.16. The molecule has 1 aromatic carbocycles. The molecule has 1 aromatic heterocycles. The summed E-state index contributed by atoms with van der Waals surface area (Å²) in [6.45, 7) is 0. The van der Waals surface area contributed by atoms with Gasteiger partial charge in [-0.25, -0.2) is 4.98 Å². The first kappa shape index (κ1) is 12.7. The molecule has 3 nitrogen and oxygen atoms in total. The van der Waals surface area contributed by atoms with E-state index in [0.717, 1.165) is 14.6 Å². The van der Waals surface area contributed by atoms with E-state index in [0.29, 0.717) is 16.5 Å². The first-order valence-corrected chi connectivity index (χ1v) is 6.66. The molecule has 2 rings (SSSR count). The summed E-state index contributed by atoms with van der Waals surface area (Å²) < 4.78 is 1.76. The van der Waals surface area contributed by atoms with Gasteiger partial charge in [0.15, 0.2) is 5.82 Å². The summed E-state index contributed by atoms with van der Waals surface area (Å²) in [6, 6.07) is 7.33. The minimum atomic E-state index is 0.554. The zero-order valence-electron chi connectivity index (χ0n) is 8.55. The van der Waals surface area contributed by atoms with Crippen molar-refractivity contribution < 1.29 is 0 Å². The van der Waals surface area contributed by atoms with Crippen molar-refractivity contribution >= 4 is 60.7 Å². The molecular formula is C11H8Br2ClN3. The number of benzene rings is 1. The first-order chi connectivity index (χ1) is 8.06. The topological polar surface area (TPSA) is 50.9 Å². The van der Waals surface area contributed by atoms with E-state index in [1.165, 1.54) is 0 Å². The highest BCUT2D eigenvalue weighted by atomic mass is 79.9. The summed E-state index contributed by atoms with van der Waals surface area (Å²) >= 11 is 12.7. The average Bonchev–Trinajstić information content (AvgIpc) is 2.25. The van der Waals surface area contributed by atoms with Crippen molar-refractivity contribution in [3.8, 4) is 0 Å². The van der Waals surface area contributed by atoms with Crippen molar-refractivity contribution in [1.29, 1.82) is 0 Å². The highest BCUT2D eigenvalue weighted by Crippen LogP contribution is 2.30. The second-order valence-corrected chi connectivity index (χ2v) is 5.58. The van der Waals surface area contributed by atoms with E-state index in [-0.39, 0.29) is 0 Å². The maximum atomic E-state index is 6.09. The summed E-state index contributed by atoms with van der Waals surface area (Å²) in [5, 5.41) is 3.69. The Kier molecular flexibility index (Phi) is 3.91. The van der Waals surface area contributed by atoms with Gasteiger partial charge in [-0.1, -0.05) is 27.5 Å². The van der Waals surface area contributed by atoms with E-state index < -0.39 is 0 Å². The van der Waals surface area contributed by atoms with Gasteiger partial charge in [-0.05, 0) is 40.2 Å². The predicted octanol–water partition coefficient (Wildman–Crippen LogP) is 4.59. The molecule has 6 heteroatoms. The Bertz CT molecular complexity index is 511. The summed E-state index contributed by atoms with van der Waals surface area (Å²) in [4.78, 5) is 4.18. The second kappa shape index (κ2) is 5.25. The summed E-state index contributed by atoms with van der Waals surface area (Å²) in [6.07, 6.45) is 1.67. The average molecular weight is 377 g/mol. The third kappa shape index (κ3) is 3.12. The Morgan fingerprint density at radius 3 is 2.59 bits per heavy atom. The number of halogens is 3. The second-order valence-electron chi connectivity index (χ2n) is 3.34. The molecule has 0 amide bonds. The first-order valence-electron chi connectivity index (χ1n) is 4.69. The molecule has 0 fully saturated rings. The normalized spacial score (nSPS) is 10.3. The third-order valence-electron chi connectivity index (χ3n) is 2.07. The molecule has 0 radical (unpaired) electrons. The molecule has 0 spiro atoms. The van der Waals surface area contributed by atoms with Crippen LogP contribution in [0.3, 0.4) is 0 Å². The van der Waals surface area contributed by atoms with Gasteiger partial charge in [0.2, 0.25) is 0 Å². The molecule has 0 bridgehead atoms. The number of nitrogens with zero attached hydrogens (tertiary/aromatic N) is 1. The standard InChI is InChI=1S/C11H8Br2ClN3/c12-6-1-2-10(8(14)3-6)17-11-9(15)4-7(13)5-16-11/h1-5H,15H2,(H,16,17). The zero-order chi connectivity index (χ0) is 12.4. The number of pyridine rings is 1. The Labute approximate surface area is 121 Å². The summed E-state index contributed by atoms with van der Waals surface area (Å²) in [5.74, 6) is 0.581. The largest absolute Gasteiger partial charge is 0.396 e. The van der Waals surface area contributed by atoms with Gasteiger partial charge in [0.25, 0.3) is 0 Å². The van der Waals surface area contributed by atoms with Gasteiger partial charge in [0.1, 0.15) is 0 Å². The van der Waals surface area contributed by atoms with Crippen LogP contribution in [0.25, 0.3) is 0 Å². The molecule has 0 saturated carbocycles. The number of aromatic nitrogens is 1. The van der Waals surface area contributed by atoms with E-state index in [4.69, 9.17) is 17.3 Å². The molecule has 0 aliphatic heterocycles. The van der Waals surface area contributed by atoms with Crippen LogP contribution in [0.15, 0.2) is 39.4 Å². The van der Waals surface area contributed by atoms with Crippen molar-refractivity contribution in [2.75, 3.05) is 11.1 Å². The van der Waals surface area contributed by atoms with Crippen LogP contribution in [0.2, 0.25) is 5.02 Å². The van der Waals surface area contributed by atoms with E-state index in [9.17, 15) is 0 Å². The quantitative estimate of drug-likeness (QED) is 0.805. The Morgan fingerprint density at radius 2 is 1.94 bits per heavy atom. The van der Waals surface area contributed by atoms with E-state index in [1.54, 1.807) is 18.3 Å². The molecule has 17 heavy (non-hydrogen) atoms. The molecule has 0 saturated heterocycles. The molecule has 0 unspecified atom stereocenters. The minimum absolute atomic E-state index is 0.554. The number of nitrogens with two attached hydrogens (primary N) is 1. The SMILES string of the molecule is Nc1cc(Br)cnc1Nc1ccc(Br)cc1Cl. The predicted molar refractivity (Wildman–Crippen MR) is 78.8 cm³/mol. The Balaban J connectivity index is 2.31. The fraction of sp³-hybridized carbons (Fsp3) is 0. The van der Waals surface area contributed by atoms with E-state index in [1.807, 2.05) is 12.1 Å². The lowest BCUT2D eigenvalue weighted by Crippen LogP contribution is -1.99. The fourth-order valence-electron chi connectivity index (χ4n) is 1.28. The molecule has 88 valence electrons. The van der Waals surface area contributed by atoms with Crippen LogP contribution in [0.1, 0.15) is 0 Å². The maximum absolute atomic E-state index is 6.09. The molecule has 1 heterocycles. The zero-order valence-corrected chi connectivity index (χ0v) is 12.5. The van der Waals surface area contributed by atoms with Crippen molar-refractivity contribution in [1.82, 2.24) is 4.98 Å². The van der Waals surface area contributed by atoms with Gasteiger partial charge < -0.3 is 11.1 Å². The van der Waals surface area contributed by atoms with Gasteiger partial charge in [0.05, 0.1) is 16.4 Å². The smallest absolute Gasteiger partial charge is 0.153 e.